The van der Waals surface area contributed by atoms with E-state index in [0.717, 1.165) is 17.1 Å². The van der Waals surface area contributed by atoms with Crippen LogP contribution < -0.4 is 10.1 Å². The molecule has 0 fully saturated rings. The molecule has 1 amide bonds. The van der Waals surface area contributed by atoms with Crippen molar-refractivity contribution in [2.45, 2.75) is 39.5 Å². The number of nitrogens with zero attached hydrogens (tertiary/aromatic N) is 2. The summed E-state index contributed by atoms with van der Waals surface area (Å²) in [6, 6.07) is 3.31. The van der Waals surface area contributed by atoms with Crippen molar-refractivity contribution in [2.24, 2.45) is 0 Å². The summed E-state index contributed by atoms with van der Waals surface area (Å²) in [5, 5.41) is 5.66. The molecule has 2 heterocycles. The molecular weight excluding hydrogens is 314 g/mol. The van der Waals surface area contributed by atoms with Crippen LogP contribution in [0.4, 0.5) is 0 Å². The van der Waals surface area contributed by atoms with E-state index in [9.17, 15) is 4.79 Å². The van der Waals surface area contributed by atoms with Crippen LogP contribution >= 0.6 is 11.3 Å². The molecule has 0 radical (unpaired) electrons. The van der Waals surface area contributed by atoms with Crippen LogP contribution in [0.25, 0.3) is 0 Å². The lowest BCUT2D eigenvalue weighted by atomic mass is 10.2. The van der Waals surface area contributed by atoms with Gasteiger partial charge in [0.25, 0.3) is 5.91 Å². The number of methoxy groups -OCH3 is 1. The smallest absolute Gasteiger partial charge is 0.251 e. The zero-order valence-electron chi connectivity index (χ0n) is 13.5. The van der Waals surface area contributed by atoms with Crippen molar-refractivity contribution in [2.75, 3.05) is 7.11 Å². The van der Waals surface area contributed by atoms with Crippen molar-refractivity contribution in [1.29, 1.82) is 0 Å². The maximum atomic E-state index is 12.2. The largest absolute Gasteiger partial charge is 0.475 e. The van der Waals surface area contributed by atoms with Gasteiger partial charge in [0.05, 0.1) is 24.9 Å². The predicted molar refractivity (Wildman–Crippen MR) is 88.6 cm³/mol. The number of pyridine rings is 1. The Balaban J connectivity index is 1.93. The number of ether oxygens (including phenoxy) is 2. The number of carbonyl (C=O) groups is 1. The van der Waals surface area contributed by atoms with E-state index in [4.69, 9.17) is 9.47 Å². The monoisotopic (exact) mass is 335 g/mol. The fraction of sp³-hybridized carbons (Fsp3) is 0.438. The van der Waals surface area contributed by atoms with Gasteiger partial charge in [0, 0.05) is 30.3 Å². The number of hydrogen-bond acceptors (Lipinski definition) is 6. The van der Waals surface area contributed by atoms with Crippen LogP contribution in [0, 0.1) is 0 Å². The van der Waals surface area contributed by atoms with E-state index in [-0.39, 0.29) is 12.0 Å². The average Bonchev–Trinajstić information content (AvgIpc) is 3.00. The summed E-state index contributed by atoms with van der Waals surface area (Å²) >= 11 is 1.52. The zero-order valence-corrected chi connectivity index (χ0v) is 14.4. The lowest BCUT2D eigenvalue weighted by molar-refractivity contribution is 0.0949. The van der Waals surface area contributed by atoms with E-state index in [1.165, 1.54) is 11.3 Å². The summed E-state index contributed by atoms with van der Waals surface area (Å²) in [7, 11) is 1.63. The molecule has 0 spiro atoms. The zero-order chi connectivity index (χ0) is 16.7. The van der Waals surface area contributed by atoms with E-state index in [1.54, 1.807) is 25.4 Å². The van der Waals surface area contributed by atoms with E-state index in [0.29, 0.717) is 24.6 Å². The Labute approximate surface area is 139 Å². The van der Waals surface area contributed by atoms with Crippen LogP contribution in [-0.2, 0) is 17.9 Å². The first kappa shape index (κ1) is 17.4. The van der Waals surface area contributed by atoms with E-state index >= 15 is 0 Å². The topological polar surface area (TPSA) is 73.3 Å². The maximum absolute atomic E-state index is 12.2. The highest BCUT2D eigenvalue weighted by Gasteiger charge is 2.10. The molecule has 0 saturated heterocycles. The van der Waals surface area contributed by atoms with Crippen LogP contribution in [0.3, 0.4) is 0 Å². The van der Waals surface area contributed by atoms with Gasteiger partial charge in [-0.2, -0.15) is 0 Å². The molecule has 0 bridgehead atoms. The number of rotatable bonds is 8. The van der Waals surface area contributed by atoms with Crippen molar-refractivity contribution >= 4 is 17.2 Å². The third-order valence-electron chi connectivity index (χ3n) is 3.19. The third-order valence-corrected chi connectivity index (χ3v) is 4.06. The van der Waals surface area contributed by atoms with E-state index in [2.05, 4.69) is 15.3 Å². The standard InChI is InChI=1S/C16H21N3O3S/c1-4-11(2)22-14-7-12(5-6-17-14)16(20)18-8-13-10-23-15(19-13)9-21-3/h5-7,10-11H,4,8-9H2,1-3H3,(H,18,20). The molecule has 6 nitrogen and oxygen atoms in total. The van der Waals surface area contributed by atoms with Crippen LogP contribution in [0.15, 0.2) is 23.7 Å². The van der Waals surface area contributed by atoms with Crippen molar-refractivity contribution in [3.05, 3.63) is 40.0 Å². The van der Waals surface area contributed by atoms with Gasteiger partial charge in [-0.15, -0.1) is 11.3 Å². The average molecular weight is 335 g/mol. The minimum atomic E-state index is -0.178. The van der Waals surface area contributed by atoms with Crippen molar-refractivity contribution < 1.29 is 14.3 Å². The molecule has 0 aliphatic heterocycles. The second-order valence-corrected chi connectivity index (χ2v) is 6.01. The molecule has 1 unspecified atom stereocenters. The van der Waals surface area contributed by atoms with Crippen LogP contribution in [-0.4, -0.2) is 29.1 Å². The minimum Gasteiger partial charge on any atom is -0.475 e. The fourth-order valence-corrected chi connectivity index (χ4v) is 2.56. The summed E-state index contributed by atoms with van der Waals surface area (Å²) in [4.78, 5) is 20.7. The molecule has 7 heteroatoms. The number of aromatic nitrogens is 2. The molecule has 0 aliphatic carbocycles. The van der Waals surface area contributed by atoms with Gasteiger partial charge in [-0.3, -0.25) is 4.79 Å². The van der Waals surface area contributed by atoms with Gasteiger partial charge >= 0.3 is 0 Å². The normalized spacial score (nSPS) is 12.0. The molecule has 2 aromatic rings. The van der Waals surface area contributed by atoms with Crippen LogP contribution in [0.5, 0.6) is 5.88 Å². The van der Waals surface area contributed by atoms with Gasteiger partial charge in [-0.05, 0) is 19.4 Å². The Kier molecular flexibility index (Phi) is 6.49. The highest BCUT2D eigenvalue weighted by Crippen LogP contribution is 2.13. The second-order valence-electron chi connectivity index (χ2n) is 5.07. The molecule has 1 atom stereocenters. The first-order valence-corrected chi connectivity index (χ1v) is 8.33. The molecule has 1 N–H and O–H groups in total. The van der Waals surface area contributed by atoms with Crippen molar-refractivity contribution in [3.63, 3.8) is 0 Å². The van der Waals surface area contributed by atoms with Gasteiger partial charge in [0.15, 0.2) is 0 Å². The van der Waals surface area contributed by atoms with Gasteiger partial charge < -0.3 is 14.8 Å². The Morgan fingerprint density at radius 2 is 2.30 bits per heavy atom. The van der Waals surface area contributed by atoms with Crippen LogP contribution in [0.1, 0.15) is 41.3 Å². The number of hydrogen-bond donors (Lipinski definition) is 1. The molecule has 23 heavy (non-hydrogen) atoms. The molecular formula is C16H21N3O3S. The summed E-state index contributed by atoms with van der Waals surface area (Å²) in [5.74, 6) is 0.283. The second kappa shape index (κ2) is 8.59. The number of nitrogens with one attached hydrogen (secondary N) is 1. The molecule has 0 saturated carbocycles. The van der Waals surface area contributed by atoms with Gasteiger partial charge in [-0.1, -0.05) is 6.92 Å². The molecule has 124 valence electrons. The number of thiazole rings is 1. The Morgan fingerprint density at radius 3 is 3.04 bits per heavy atom. The Bertz CT molecular complexity index is 645. The van der Waals surface area contributed by atoms with Crippen LogP contribution in [0.2, 0.25) is 0 Å². The fourth-order valence-electron chi connectivity index (χ4n) is 1.80. The third kappa shape index (κ3) is 5.30. The number of carbonyl (C=O) groups excluding carboxylic acids is 1. The van der Waals surface area contributed by atoms with Crippen molar-refractivity contribution in [3.8, 4) is 5.88 Å². The SMILES string of the molecule is CCC(C)Oc1cc(C(=O)NCc2csc(COC)n2)ccn1. The first-order chi connectivity index (χ1) is 11.1. The molecule has 2 rings (SSSR count). The van der Waals surface area contributed by atoms with Crippen molar-refractivity contribution in [1.82, 2.24) is 15.3 Å². The minimum absolute atomic E-state index is 0.0648. The quantitative estimate of drug-likeness (QED) is 0.803. The predicted octanol–water partition coefficient (Wildman–Crippen LogP) is 2.79. The molecule has 0 aliphatic rings. The lowest BCUT2D eigenvalue weighted by Gasteiger charge is -2.12. The molecule has 0 aromatic carbocycles. The van der Waals surface area contributed by atoms with Gasteiger partial charge in [-0.25, -0.2) is 9.97 Å². The molecule has 2 aromatic heterocycles. The Morgan fingerprint density at radius 1 is 1.48 bits per heavy atom. The summed E-state index contributed by atoms with van der Waals surface area (Å²) in [5.41, 5.74) is 1.34. The summed E-state index contributed by atoms with van der Waals surface area (Å²) in [6.45, 7) is 4.86. The Hall–Kier alpha value is -1.99. The number of amides is 1. The summed E-state index contributed by atoms with van der Waals surface area (Å²) < 4.78 is 10.7. The first-order valence-electron chi connectivity index (χ1n) is 7.45. The van der Waals surface area contributed by atoms with Gasteiger partial charge in [0.1, 0.15) is 5.01 Å². The van der Waals surface area contributed by atoms with Gasteiger partial charge in [0.2, 0.25) is 5.88 Å². The lowest BCUT2D eigenvalue weighted by Crippen LogP contribution is -2.23. The van der Waals surface area contributed by atoms with E-state index < -0.39 is 0 Å². The highest BCUT2D eigenvalue weighted by molar-refractivity contribution is 7.09. The summed E-state index contributed by atoms with van der Waals surface area (Å²) in [6.07, 6.45) is 2.52. The highest BCUT2D eigenvalue weighted by atomic mass is 32.1. The van der Waals surface area contributed by atoms with E-state index in [1.807, 2.05) is 19.2 Å². The maximum Gasteiger partial charge on any atom is 0.251 e.